The molecule has 2 aliphatic rings. The largest absolute Gasteiger partial charge is 0.370 e. The molecule has 3 nitrogen and oxygen atoms in total. The van der Waals surface area contributed by atoms with Gasteiger partial charge in [-0.25, -0.2) is 0 Å². The summed E-state index contributed by atoms with van der Waals surface area (Å²) in [7, 11) is 0. The van der Waals surface area contributed by atoms with E-state index < -0.39 is 0 Å². The van der Waals surface area contributed by atoms with Gasteiger partial charge >= 0.3 is 0 Å². The normalized spacial score (nSPS) is 37.3. The molecule has 1 fully saturated rings. The zero-order valence-electron chi connectivity index (χ0n) is 9.45. The minimum absolute atomic E-state index is 0.262. The second-order valence-electron chi connectivity index (χ2n) is 5.04. The molecule has 80 valence electrons. The molecule has 2 unspecified atom stereocenters. The van der Waals surface area contributed by atoms with Crippen molar-refractivity contribution >= 4 is 5.96 Å². The van der Waals surface area contributed by atoms with Crippen LogP contribution in [0.2, 0.25) is 0 Å². The van der Waals surface area contributed by atoms with Crippen molar-refractivity contribution in [1.29, 1.82) is 0 Å². The van der Waals surface area contributed by atoms with Crippen LogP contribution in [-0.2, 0) is 0 Å². The summed E-state index contributed by atoms with van der Waals surface area (Å²) in [4.78, 5) is 6.80. The minimum atomic E-state index is 0.262. The molecule has 14 heavy (non-hydrogen) atoms. The molecule has 0 amide bonds. The van der Waals surface area contributed by atoms with Crippen molar-refractivity contribution in [3.8, 4) is 0 Å². The molecule has 0 aromatic heterocycles. The molecule has 0 radical (unpaired) electrons. The van der Waals surface area contributed by atoms with Gasteiger partial charge < -0.3 is 10.6 Å². The molecule has 1 heterocycles. The third kappa shape index (κ3) is 1.14. The van der Waals surface area contributed by atoms with Gasteiger partial charge in [0.15, 0.2) is 5.96 Å². The van der Waals surface area contributed by atoms with Gasteiger partial charge in [0, 0.05) is 6.04 Å². The lowest BCUT2D eigenvalue weighted by atomic mass is 9.86. The Morgan fingerprint density at radius 1 is 1.57 bits per heavy atom. The highest BCUT2D eigenvalue weighted by molar-refractivity contribution is 5.81. The second kappa shape index (κ2) is 3.14. The average Bonchev–Trinajstić information content (AvgIpc) is 2.60. The van der Waals surface area contributed by atoms with Crippen LogP contribution in [-0.4, -0.2) is 29.0 Å². The van der Waals surface area contributed by atoms with E-state index in [0.29, 0.717) is 6.04 Å². The smallest absolute Gasteiger partial charge is 0.192 e. The van der Waals surface area contributed by atoms with E-state index in [0.717, 1.165) is 18.4 Å². The molecule has 3 heteroatoms. The van der Waals surface area contributed by atoms with E-state index in [9.17, 15) is 0 Å². The number of rotatable bonds is 1. The van der Waals surface area contributed by atoms with Crippen molar-refractivity contribution in [2.24, 2.45) is 16.6 Å². The molecule has 0 saturated heterocycles. The maximum Gasteiger partial charge on any atom is 0.192 e. The topological polar surface area (TPSA) is 41.6 Å². The zero-order valence-corrected chi connectivity index (χ0v) is 9.45. The van der Waals surface area contributed by atoms with E-state index in [2.05, 4.69) is 30.7 Å². The molecule has 0 aromatic carbocycles. The molecule has 2 N–H and O–H groups in total. The number of hydrogen-bond acceptors (Lipinski definition) is 3. The van der Waals surface area contributed by atoms with E-state index in [-0.39, 0.29) is 5.54 Å². The minimum Gasteiger partial charge on any atom is -0.370 e. The van der Waals surface area contributed by atoms with Gasteiger partial charge in [0.2, 0.25) is 0 Å². The molecule has 1 saturated carbocycles. The van der Waals surface area contributed by atoms with Crippen LogP contribution in [0.25, 0.3) is 0 Å². The summed E-state index contributed by atoms with van der Waals surface area (Å²) in [5, 5.41) is 0. The van der Waals surface area contributed by atoms with E-state index in [1.165, 1.54) is 19.3 Å². The van der Waals surface area contributed by atoms with Gasteiger partial charge in [0.1, 0.15) is 0 Å². The van der Waals surface area contributed by atoms with E-state index in [1.54, 1.807) is 0 Å². The van der Waals surface area contributed by atoms with Crippen molar-refractivity contribution in [3.63, 3.8) is 0 Å². The van der Waals surface area contributed by atoms with Crippen LogP contribution >= 0.6 is 0 Å². The quantitative estimate of drug-likeness (QED) is 0.690. The van der Waals surface area contributed by atoms with Crippen LogP contribution in [0.4, 0.5) is 0 Å². The first-order valence-electron chi connectivity index (χ1n) is 5.67. The summed E-state index contributed by atoms with van der Waals surface area (Å²) in [6.45, 7) is 7.68. The van der Waals surface area contributed by atoms with Gasteiger partial charge in [0.05, 0.1) is 12.1 Å². The van der Waals surface area contributed by atoms with Gasteiger partial charge in [-0.05, 0) is 32.6 Å². The molecule has 1 aliphatic heterocycles. The first kappa shape index (κ1) is 9.81. The maximum atomic E-state index is 5.97. The molecule has 1 aliphatic carbocycles. The lowest BCUT2D eigenvalue weighted by Crippen LogP contribution is -2.56. The predicted octanol–water partition coefficient (Wildman–Crippen LogP) is 1.58. The highest BCUT2D eigenvalue weighted by atomic mass is 15.4. The Kier molecular flexibility index (Phi) is 2.20. The Hall–Kier alpha value is -0.730. The fraction of sp³-hybridized carbons (Fsp3) is 0.909. The van der Waals surface area contributed by atoms with Gasteiger partial charge in [0.25, 0.3) is 0 Å². The van der Waals surface area contributed by atoms with E-state index in [1.807, 2.05) is 0 Å². The number of nitrogens with zero attached hydrogens (tertiary/aromatic N) is 2. The molecule has 0 aromatic rings. The Bertz CT molecular complexity index is 259. The van der Waals surface area contributed by atoms with Gasteiger partial charge in [-0.3, -0.25) is 4.99 Å². The standard InChI is InChI=1S/C11H21N3/c1-8(2)14-10(12)13-7-11(14)6-4-5-9(11)3/h8-9H,4-7H2,1-3H3,(H2,12,13). The molecule has 2 rings (SSSR count). The van der Waals surface area contributed by atoms with Crippen LogP contribution in [0, 0.1) is 5.92 Å². The number of aliphatic imine (C=N–C) groups is 1. The molecular weight excluding hydrogens is 174 g/mol. The summed E-state index contributed by atoms with van der Waals surface area (Å²) in [6, 6.07) is 0.474. The summed E-state index contributed by atoms with van der Waals surface area (Å²) in [5.74, 6) is 1.49. The summed E-state index contributed by atoms with van der Waals surface area (Å²) in [6.07, 6.45) is 3.91. The summed E-state index contributed by atoms with van der Waals surface area (Å²) < 4.78 is 0. The first-order valence-corrected chi connectivity index (χ1v) is 5.67. The van der Waals surface area contributed by atoms with Gasteiger partial charge in [-0.15, -0.1) is 0 Å². The lowest BCUT2D eigenvalue weighted by molar-refractivity contribution is 0.127. The van der Waals surface area contributed by atoms with Crippen LogP contribution in [0.3, 0.4) is 0 Å². The lowest BCUT2D eigenvalue weighted by Gasteiger charge is -2.42. The fourth-order valence-electron chi connectivity index (χ4n) is 3.20. The molecule has 0 bridgehead atoms. The monoisotopic (exact) mass is 195 g/mol. The highest BCUT2D eigenvalue weighted by Crippen LogP contribution is 2.43. The average molecular weight is 195 g/mol. The molecular formula is C11H21N3. The van der Waals surface area contributed by atoms with Crippen LogP contribution in [0.5, 0.6) is 0 Å². The zero-order chi connectivity index (χ0) is 10.3. The third-order valence-corrected chi connectivity index (χ3v) is 3.92. The summed E-state index contributed by atoms with van der Waals surface area (Å²) >= 11 is 0. The highest BCUT2D eigenvalue weighted by Gasteiger charge is 2.49. The SMILES string of the molecule is CC(C)N1C(N)=NCC12CCCC2C. The molecule has 2 atom stereocenters. The van der Waals surface area contributed by atoms with Crippen molar-refractivity contribution in [1.82, 2.24) is 4.90 Å². The third-order valence-electron chi connectivity index (χ3n) is 3.92. The maximum absolute atomic E-state index is 5.97. The van der Waals surface area contributed by atoms with E-state index in [4.69, 9.17) is 5.73 Å². The number of nitrogens with two attached hydrogens (primary N) is 1. The van der Waals surface area contributed by atoms with E-state index >= 15 is 0 Å². The first-order chi connectivity index (χ1) is 6.58. The fourth-order valence-corrected chi connectivity index (χ4v) is 3.20. The van der Waals surface area contributed by atoms with Crippen molar-refractivity contribution < 1.29 is 0 Å². The van der Waals surface area contributed by atoms with Crippen LogP contribution < -0.4 is 5.73 Å². The Morgan fingerprint density at radius 2 is 2.29 bits per heavy atom. The second-order valence-corrected chi connectivity index (χ2v) is 5.04. The Morgan fingerprint density at radius 3 is 2.79 bits per heavy atom. The van der Waals surface area contributed by atoms with Crippen molar-refractivity contribution in [2.45, 2.75) is 51.6 Å². The predicted molar refractivity (Wildman–Crippen MR) is 59.2 cm³/mol. The van der Waals surface area contributed by atoms with Crippen molar-refractivity contribution in [3.05, 3.63) is 0 Å². The van der Waals surface area contributed by atoms with Crippen LogP contribution in [0.15, 0.2) is 4.99 Å². The summed E-state index contributed by atoms with van der Waals surface area (Å²) in [5.41, 5.74) is 6.23. The van der Waals surface area contributed by atoms with Gasteiger partial charge in [-0.2, -0.15) is 0 Å². The number of hydrogen-bond donors (Lipinski definition) is 1. The van der Waals surface area contributed by atoms with Crippen molar-refractivity contribution in [2.75, 3.05) is 6.54 Å². The molecule has 1 spiro atoms. The Labute approximate surface area is 86.4 Å². The van der Waals surface area contributed by atoms with Gasteiger partial charge in [-0.1, -0.05) is 13.3 Å². The number of guanidine groups is 1. The van der Waals surface area contributed by atoms with Crippen LogP contribution in [0.1, 0.15) is 40.0 Å². The Balaban J connectivity index is 2.29.